The number of halogens is 2. The van der Waals surface area contributed by atoms with Crippen molar-refractivity contribution < 1.29 is 9.53 Å². The predicted molar refractivity (Wildman–Crippen MR) is 117 cm³/mol. The summed E-state index contributed by atoms with van der Waals surface area (Å²) in [5.74, 6) is 0.0445. The fraction of sp³-hybridized carbons (Fsp3) is 0.143. The van der Waals surface area contributed by atoms with E-state index in [1.54, 1.807) is 41.8 Å². The lowest BCUT2D eigenvalue weighted by molar-refractivity contribution is 0.101. The highest BCUT2D eigenvalue weighted by molar-refractivity contribution is 6.31. The van der Waals surface area contributed by atoms with Crippen molar-refractivity contribution in [1.29, 1.82) is 0 Å². The molecule has 0 radical (unpaired) electrons. The van der Waals surface area contributed by atoms with Gasteiger partial charge in [0.05, 0.1) is 29.7 Å². The lowest BCUT2D eigenvalue weighted by Gasteiger charge is -2.11. The molecular formula is C21H17Cl2N5O2. The van der Waals surface area contributed by atoms with Gasteiger partial charge < -0.3 is 10.1 Å². The van der Waals surface area contributed by atoms with Crippen molar-refractivity contribution in [3.63, 3.8) is 0 Å². The first-order valence-electron chi connectivity index (χ1n) is 9.02. The number of nitrogens with zero attached hydrogens (tertiary/aromatic N) is 4. The van der Waals surface area contributed by atoms with Gasteiger partial charge in [0.2, 0.25) is 0 Å². The Bertz CT molecular complexity index is 1270. The number of hydrogen-bond acceptors (Lipinski definition) is 5. The van der Waals surface area contributed by atoms with Crippen molar-refractivity contribution in [2.45, 2.75) is 13.8 Å². The molecule has 4 aromatic rings. The molecule has 0 saturated carbocycles. The molecule has 0 spiro atoms. The zero-order valence-corrected chi connectivity index (χ0v) is 17.9. The molecule has 0 aliphatic carbocycles. The van der Waals surface area contributed by atoms with Gasteiger partial charge >= 0.3 is 0 Å². The standard InChI is InChI=1S/C21H17Cl2N5O2/c1-11-18(13-4-6-14(22)7-5-13)20-26-25-19(12(2)28(20)27-11)21(29)24-16-10-15(23)8-9-17(16)30-3/h4-10H,1-3H3,(H,24,29). The third-order valence-electron chi connectivity index (χ3n) is 4.70. The number of aryl methyl sites for hydroxylation is 2. The molecule has 1 N–H and O–H groups in total. The molecule has 2 heterocycles. The summed E-state index contributed by atoms with van der Waals surface area (Å²) in [7, 11) is 1.51. The number of fused-ring (bicyclic) bond motifs is 1. The largest absolute Gasteiger partial charge is 0.495 e. The number of hydrogen-bond donors (Lipinski definition) is 1. The van der Waals surface area contributed by atoms with E-state index in [1.165, 1.54) is 7.11 Å². The average molecular weight is 442 g/mol. The van der Waals surface area contributed by atoms with Crippen molar-refractivity contribution in [3.8, 4) is 16.9 Å². The van der Waals surface area contributed by atoms with Gasteiger partial charge in [0.15, 0.2) is 11.3 Å². The number of rotatable bonds is 4. The molecule has 1 amide bonds. The fourth-order valence-corrected chi connectivity index (χ4v) is 3.53. The zero-order chi connectivity index (χ0) is 21.4. The van der Waals surface area contributed by atoms with Gasteiger partial charge in [0.1, 0.15) is 5.75 Å². The Morgan fingerprint density at radius 1 is 1.03 bits per heavy atom. The van der Waals surface area contributed by atoms with Crippen molar-refractivity contribution >= 4 is 40.4 Å². The number of carbonyl (C=O) groups excluding carboxylic acids is 1. The molecule has 0 aliphatic rings. The second-order valence-corrected chi connectivity index (χ2v) is 7.51. The third-order valence-corrected chi connectivity index (χ3v) is 5.19. The van der Waals surface area contributed by atoms with Crippen LogP contribution in [0.15, 0.2) is 42.5 Å². The molecule has 7 nitrogen and oxygen atoms in total. The van der Waals surface area contributed by atoms with Gasteiger partial charge in [-0.3, -0.25) is 4.79 Å². The molecule has 0 atom stereocenters. The third kappa shape index (κ3) is 3.58. The van der Waals surface area contributed by atoms with Crippen molar-refractivity contribution in [3.05, 3.63) is 69.6 Å². The summed E-state index contributed by atoms with van der Waals surface area (Å²) in [6.07, 6.45) is 0. The van der Waals surface area contributed by atoms with E-state index in [-0.39, 0.29) is 5.69 Å². The molecule has 0 fully saturated rings. The van der Waals surface area contributed by atoms with E-state index in [4.69, 9.17) is 27.9 Å². The first kappa shape index (κ1) is 20.1. The highest BCUT2D eigenvalue weighted by atomic mass is 35.5. The van der Waals surface area contributed by atoms with Crippen LogP contribution in [0.1, 0.15) is 21.9 Å². The van der Waals surface area contributed by atoms with Crippen LogP contribution in [0.25, 0.3) is 16.8 Å². The molecule has 0 unspecified atom stereocenters. The van der Waals surface area contributed by atoms with Gasteiger partial charge in [0.25, 0.3) is 5.91 Å². The van der Waals surface area contributed by atoms with Crippen molar-refractivity contribution in [1.82, 2.24) is 19.8 Å². The average Bonchev–Trinajstić information content (AvgIpc) is 3.06. The maximum Gasteiger partial charge on any atom is 0.278 e. The van der Waals surface area contributed by atoms with Gasteiger partial charge in [-0.25, -0.2) is 4.52 Å². The van der Waals surface area contributed by atoms with Crippen LogP contribution in [0.3, 0.4) is 0 Å². The van der Waals surface area contributed by atoms with Crippen LogP contribution < -0.4 is 10.1 Å². The van der Waals surface area contributed by atoms with Crippen LogP contribution in [0.5, 0.6) is 5.75 Å². The lowest BCUT2D eigenvalue weighted by atomic mass is 10.1. The highest BCUT2D eigenvalue weighted by Gasteiger charge is 2.21. The minimum atomic E-state index is -0.441. The quantitative estimate of drug-likeness (QED) is 0.482. The molecule has 2 aromatic heterocycles. The molecule has 30 heavy (non-hydrogen) atoms. The summed E-state index contributed by atoms with van der Waals surface area (Å²) >= 11 is 12.0. The van der Waals surface area contributed by atoms with Gasteiger partial charge in [-0.05, 0) is 49.7 Å². The smallest absolute Gasteiger partial charge is 0.278 e. The molecule has 4 rings (SSSR count). The molecular weight excluding hydrogens is 425 g/mol. The minimum Gasteiger partial charge on any atom is -0.495 e. The van der Waals surface area contributed by atoms with E-state index in [2.05, 4.69) is 20.6 Å². The van der Waals surface area contributed by atoms with Crippen LogP contribution in [0.4, 0.5) is 5.69 Å². The number of aromatic nitrogens is 4. The normalized spacial score (nSPS) is 11.0. The van der Waals surface area contributed by atoms with Gasteiger partial charge in [0, 0.05) is 10.0 Å². The summed E-state index contributed by atoms with van der Waals surface area (Å²) in [5, 5.41) is 16.9. The maximum absolute atomic E-state index is 12.9. The molecule has 0 saturated heterocycles. The minimum absolute atomic E-state index is 0.148. The van der Waals surface area contributed by atoms with Crippen molar-refractivity contribution in [2.24, 2.45) is 0 Å². The Morgan fingerprint density at radius 3 is 2.43 bits per heavy atom. The summed E-state index contributed by atoms with van der Waals surface area (Å²) in [6, 6.07) is 12.4. The number of benzene rings is 2. The monoisotopic (exact) mass is 441 g/mol. The van der Waals surface area contributed by atoms with Crippen molar-refractivity contribution in [2.75, 3.05) is 12.4 Å². The fourth-order valence-electron chi connectivity index (χ4n) is 3.23. The summed E-state index contributed by atoms with van der Waals surface area (Å²) in [4.78, 5) is 12.9. The number of ether oxygens (including phenoxy) is 1. The Morgan fingerprint density at radius 2 is 1.73 bits per heavy atom. The second-order valence-electron chi connectivity index (χ2n) is 6.64. The molecule has 0 aliphatic heterocycles. The van der Waals surface area contributed by atoms with Gasteiger partial charge in [-0.2, -0.15) is 5.10 Å². The molecule has 9 heteroatoms. The lowest BCUT2D eigenvalue weighted by Crippen LogP contribution is -2.19. The first-order valence-corrected chi connectivity index (χ1v) is 9.78. The summed E-state index contributed by atoms with van der Waals surface area (Å²) in [6.45, 7) is 3.65. The van der Waals surface area contributed by atoms with Crippen LogP contribution >= 0.6 is 23.2 Å². The zero-order valence-electron chi connectivity index (χ0n) is 16.4. The molecule has 2 aromatic carbocycles. The van der Waals surface area contributed by atoms with E-state index < -0.39 is 5.91 Å². The Kier molecular flexibility index (Phi) is 5.32. The number of amides is 1. The first-order chi connectivity index (χ1) is 14.4. The van der Waals surface area contributed by atoms with E-state index in [1.807, 2.05) is 19.1 Å². The summed E-state index contributed by atoms with van der Waals surface area (Å²) < 4.78 is 6.90. The Labute approximate surface area is 182 Å². The van der Waals surface area contributed by atoms with Gasteiger partial charge in [-0.1, -0.05) is 35.3 Å². The Balaban J connectivity index is 1.75. The van der Waals surface area contributed by atoms with E-state index in [9.17, 15) is 4.79 Å². The number of carbonyl (C=O) groups is 1. The van der Waals surface area contributed by atoms with Crippen LogP contribution in [0, 0.1) is 13.8 Å². The predicted octanol–water partition coefficient (Wildman–Crippen LogP) is 4.98. The van der Waals surface area contributed by atoms with Gasteiger partial charge in [-0.15, -0.1) is 10.2 Å². The highest BCUT2D eigenvalue weighted by Crippen LogP contribution is 2.30. The van der Waals surface area contributed by atoms with E-state index >= 15 is 0 Å². The molecule has 152 valence electrons. The topological polar surface area (TPSA) is 81.4 Å². The number of nitrogens with one attached hydrogen (secondary N) is 1. The maximum atomic E-state index is 12.9. The van der Waals surface area contributed by atoms with E-state index in [0.717, 1.165) is 16.8 Å². The van der Waals surface area contributed by atoms with Crippen LogP contribution in [-0.2, 0) is 0 Å². The Hall–Kier alpha value is -3.16. The molecule has 0 bridgehead atoms. The second kappa shape index (κ2) is 7.93. The van der Waals surface area contributed by atoms with E-state index in [0.29, 0.717) is 32.8 Å². The SMILES string of the molecule is COc1ccc(Cl)cc1NC(=O)c1nnc2c(-c3ccc(Cl)cc3)c(C)nn2c1C. The number of methoxy groups -OCH3 is 1. The summed E-state index contributed by atoms with van der Waals surface area (Å²) in [5.41, 5.74) is 4.23. The van der Waals surface area contributed by atoms with Crippen LogP contribution in [-0.4, -0.2) is 32.8 Å². The van der Waals surface area contributed by atoms with Crippen LogP contribution in [0.2, 0.25) is 10.0 Å². The number of anilines is 1.